The van der Waals surface area contributed by atoms with E-state index in [2.05, 4.69) is 9.71 Å². The first-order valence-corrected chi connectivity index (χ1v) is 11.4. The van der Waals surface area contributed by atoms with Crippen molar-refractivity contribution in [1.29, 1.82) is 0 Å². The fourth-order valence-corrected chi connectivity index (χ4v) is 3.74. The van der Waals surface area contributed by atoms with Crippen LogP contribution in [0.25, 0.3) is 22.0 Å². The third kappa shape index (κ3) is 5.49. The van der Waals surface area contributed by atoms with Gasteiger partial charge >= 0.3 is 6.09 Å². The van der Waals surface area contributed by atoms with E-state index in [4.69, 9.17) is 4.74 Å². The molecule has 0 radical (unpaired) electrons. The average molecular weight is 445 g/mol. The zero-order valence-electron chi connectivity index (χ0n) is 18.4. The van der Waals surface area contributed by atoms with E-state index in [1.54, 1.807) is 18.6 Å². The van der Waals surface area contributed by atoms with Crippen LogP contribution < -0.4 is 4.72 Å². The molecule has 1 N–H and O–H groups in total. The maximum atomic E-state index is 12.9. The van der Waals surface area contributed by atoms with Gasteiger partial charge in [0.25, 0.3) is 10.2 Å². The summed E-state index contributed by atoms with van der Waals surface area (Å²) in [5.74, 6) is 0. The lowest BCUT2D eigenvalue weighted by Crippen LogP contribution is -2.36. The van der Waals surface area contributed by atoms with Crippen molar-refractivity contribution in [2.75, 3.05) is 20.6 Å². The summed E-state index contributed by atoms with van der Waals surface area (Å²) in [5.41, 5.74) is 2.84. The molecule has 0 aliphatic carbocycles. The monoisotopic (exact) mass is 444 g/mol. The molecule has 1 aromatic carbocycles. The largest absolute Gasteiger partial charge is 0.443 e. The molecule has 8 nitrogen and oxygen atoms in total. The Kier molecular flexibility index (Phi) is 6.49. The highest BCUT2D eigenvalue weighted by atomic mass is 32.2. The Morgan fingerprint density at radius 1 is 1.13 bits per heavy atom. The average Bonchev–Trinajstić information content (AvgIpc) is 3.05. The molecule has 166 valence electrons. The van der Waals surface area contributed by atoms with E-state index in [-0.39, 0.29) is 6.54 Å². The minimum atomic E-state index is -3.52. The Morgan fingerprint density at radius 3 is 2.42 bits per heavy atom. The third-order valence-electron chi connectivity index (χ3n) is 4.65. The van der Waals surface area contributed by atoms with Crippen molar-refractivity contribution in [3.63, 3.8) is 0 Å². The Hall–Kier alpha value is -2.75. The topological polar surface area (TPSA) is 93.5 Å². The SMILES string of the molecule is CN(C)S(=O)(=O)NCCc1cn(C(=O)OC(C)(C)C)c2cc(-c3ccncc3)ccc12. The molecule has 3 rings (SSSR count). The van der Waals surface area contributed by atoms with Crippen LogP contribution in [-0.4, -0.2) is 54.6 Å². The molecule has 0 aliphatic heterocycles. The van der Waals surface area contributed by atoms with Crippen molar-refractivity contribution in [1.82, 2.24) is 18.6 Å². The molecule has 0 atom stereocenters. The van der Waals surface area contributed by atoms with Crippen LogP contribution in [0, 0.1) is 0 Å². The van der Waals surface area contributed by atoms with Crippen LogP contribution >= 0.6 is 0 Å². The highest BCUT2D eigenvalue weighted by molar-refractivity contribution is 7.87. The summed E-state index contributed by atoms with van der Waals surface area (Å²) in [7, 11) is -0.580. The number of fused-ring (bicyclic) bond motifs is 1. The normalized spacial score (nSPS) is 12.5. The van der Waals surface area contributed by atoms with Crippen LogP contribution in [0.5, 0.6) is 0 Å². The molecule has 0 fully saturated rings. The molecule has 0 saturated carbocycles. The van der Waals surface area contributed by atoms with Crippen molar-refractivity contribution in [3.05, 3.63) is 54.5 Å². The van der Waals surface area contributed by atoms with Gasteiger partial charge in [-0.2, -0.15) is 12.7 Å². The second-order valence-corrected chi connectivity index (χ2v) is 10.4. The molecule has 0 saturated heterocycles. The highest BCUT2D eigenvalue weighted by Crippen LogP contribution is 2.28. The van der Waals surface area contributed by atoms with Gasteiger partial charge in [-0.1, -0.05) is 12.1 Å². The molecule has 31 heavy (non-hydrogen) atoms. The molecule has 2 aromatic heterocycles. The van der Waals surface area contributed by atoms with Crippen LogP contribution in [0.4, 0.5) is 4.79 Å². The van der Waals surface area contributed by atoms with Gasteiger partial charge in [0.1, 0.15) is 5.60 Å². The van der Waals surface area contributed by atoms with Gasteiger partial charge in [0.05, 0.1) is 5.52 Å². The van der Waals surface area contributed by atoms with Crippen LogP contribution in [-0.2, 0) is 21.4 Å². The number of benzene rings is 1. The Labute approximate surface area is 183 Å². The Balaban J connectivity index is 2.00. The van der Waals surface area contributed by atoms with Crippen molar-refractivity contribution in [3.8, 4) is 11.1 Å². The van der Waals surface area contributed by atoms with Crippen molar-refractivity contribution < 1.29 is 17.9 Å². The summed E-state index contributed by atoms with van der Waals surface area (Å²) in [4.78, 5) is 16.9. The van der Waals surface area contributed by atoms with E-state index in [1.165, 1.54) is 18.7 Å². The molecular weight excluding hydrogens is 416 g/mol. The molecule has 0 amide bonds. The van der Waals surface area contributed by atoms with Crippen molar-refractivity contribution >= 4 is 27.2 Å². The predicted octanol–water partition coefficient (Wildman–Crippen LogP) is 3.43. The number of nitrogens with zero attached hydrogens (tertiary/aromatic N) is 3. The molecular formula is C22H28N4O4S. The first kappa shape index (κ1) is 22.9. The number of ether oxygens (including phenoxy) is 1. The lowest BCUT2D eigenvalue weighted by Gasteiger charge is -2.19. The van der Waals surface area contributed by atoms with Gasteiger partial charge < -0.3 is 4.74 Å². The zero-order valence-corrected chi connectivity index (χ0v) is 19.2. The van der Waals surface area contributed by atoms with E-state index in [1.807, 2.05) is 51.1 Å². The Bertz CT molecular complexity index is 1180. The first-order valence-electron chi connectivity index (χ1n) is 9.93. The summed E-state index contributed by atoms with van der Waals surface area (Å²) in [6.07, 6.45) is 5.10. The van der Waals surface area contributed by atoms with Crippen LogP contribution in [0.2, 0.25) is 0 Å². The minimum Gasteiger partial charge on any atom is -0.443 e. The molecule has 0 unspecified atom stereocenters. The molecule has 0 spiro atoms. The van der Waals surface area contributed by atoms with E-state index < -0.39 is 21.9 Å². The van der Waals surface area contributed by atoms with Gasteiger partial charge in [0, 0.05) is 44.6 Å². The molecule has 2 heterocycles. The highest BCUT2D eigenvalue weighted by Gasteiger charge is 2.21. The maximum Gasteiger partial charge on any atom is 0.419 e. The molecule has 0 aliphatic rings. The van der Waals surface area contributed by atoms with Crippen LogP contribution in [0.3, 0.4) is 0 Å². The van der Waals surface area contributed by atoms with E-state index in [0.717, 1.165) is 26.4 Å². The second kappa shape index (κ2) is 8.78. The lowest BCUT2D eigenvalue weighted by atomic mass is 10.0. The van der Waals surface area contributed by atoms with Gasteiger partial charge in [-0.25, -0.2) is 9.52 Å². The predicted molar refractivity (Wildman–Crippen MR) is 121 cm³/mol. The molecule has 9 heteroatoms. The van der Waals surface area contributed by atoms with E-state index >= 15 is 0 Å². The number of carbonyl (C=O) groups is 1. The van der Waals surface area contributed by atoms with E-state index in [9.17, 15) is 13.2 Å². The van der Waals surface area contributed by atoms with Crippen molar-refractivity contribution in [2.24, 2.45) is 0 Å². The quantitative estimate of drug-likeness (QED) is 0.629. The number of aromatic nitrogens is 2. The fraction of sp³-hybridized carbons (Fsp3) is 0.364. The van der Waals surface area contributed by atoms with Crippen LogP contribution in [0.1, 0.15) is 26.3 Å². The smallest absolute Gasteiger partial charge is 0.419 e. The van der Waals surface area contributed by atoms with Gasteiger partial charge in [0.2, 0.25) is 0 Å². The zero-order chi connectivity index (χ0) is 22.8. The van der Waals surface area contributed by atoms with Crippen LogP contribution in [0.15, 0.2) is 48.9 Å². The van der Waals surface area contributed by atoms with Gasteiger partial charge in [-0.15, -0.1) is 0 Å². The summed E-state index contributed by atoms with van der Waals surface area (Å²) < 4.78 is 34.7. The van der Waals surface area contributed by atoms with Gasteiger partial charge in [-0.05, 0) is 62.1 Å². The molecule has 3 aromatic rings. The van der Waals surface area contributed by atoms with Gasteiger partial charge in [0.15, 0.2) is 0 Å². The standard InChI is InChI=1S/C22H28N4O4S/c1-22(2,3)30-21(27)26-15-18(10-13-24-31(28,29)25(4)5)19-7-6-17(14-20(19)26)16-8-11-23-12-9-16/h6-9,11-12,14-15,24H,10,13H2,1-5H3. The number of carbonyl (C=O) groups excluding carboxylic acids is 1. The number of nitrogens with one attached hydrogen (secondary N) is 1. The van der Waals surface area contributed by atoms with Crippen molar-refractivity contribution in [2.45, 2.75) is 32.8 Å². The summed E-state index contributed by atoms with van der Waals surface area (Å²) in [6, 6.07) is 9.66. The number of hydrogen-bond acceptors (Lipinski definition) is 5. The summed E-state index contributed by atoms with van der Waals surface area (Å²) in [5, 5.41) is 0.868. The number of hydrogen-bond donors (Lipinski definition) is 1. The first-order chi connectivity index (χ1) is 14.5. The van der Waals surface area contributed by atoms with Gasteiger partial charge in [-0.3, -0.25) is 9.55 Å². The fourth-order valence-electron chi connectivity index (χ4n) is 3.13. The Morgan fingerprint density at radius 2 is 1.81 bits per heavy atom. The lowest BCUT2D eigenvalue weighted by molar-refractivity contribution is 0.0544. The minimum absolute atomic E-state index is 0.208. The third-order valence-corrected chi connectivity index (χ3v) is 6.18. The summed E-state index contributed by atoms with van der Waals surface area (Å²) >= 11 is 0. The second-order valence-electron chi connectivity index (χ2n) is 8.40. The number of pyridine rings is 1. The molecule has 0 bridgehead atoms. The maximum absolute atomic E-state index is 12.9. The number of rotatable bonds is 6. The van der Waals surface area contributed by atoms with E-state index in [0.29, 0.717) is 11.9 Å². The summed E-state index contributed by atoms with van der Waals surface area (Å²) in [6.45, 7) is 5.65.